The highest BCUT2D eigenvalue weighted by Crippen LogP contribution is 2.15. The van der Waals surface area contributed by atoms with Gasteiger partial charge >= 0.3 is 0 Å². The summed E-state index contributed by atoms with van der Waals surface area (Å²) < 4.78 is 5.96. The number of ether oxygens (including phenoxy) is 1. The summed E-state index contributed by atoms with van der Waals surface area (Å²) in [4.78, 5) is 6.76. The molecule has 2 atom stereocenters. The van der Waals surface area contributed by atoms with Gasteiger partial charge in [-0.2, -0.15) is 0 Å². The second-order valence-electron chi connectivity index (χ2n) is 7.08. The summed E-state index contributed by atoms with van der Waals surface area (Å²) >= 11 is 0. The second-order valence-corrected chi connectivity index (χ2v) is 7.08. The third kappa shape index (κ3) is 5.36. The molecule has 4 heteroatoms. The van der Waals surface area contributed by atoms with Crippen molar-refractivity contribution >= 4 is 0 Å². The Morgan fingerprint density at radius 3 is 2.96 bits per heavy atom. The lowest BCUT2D eigenvalue weighted by molar-refractivity contribution is -0.0308. The Hall–Kier alpha value is -1.75. The van der Waals surface area contributed by atoms with E-state index in [1.807, 2.05) is 13.1 Å². The fourth-order valence-electron chi connectivity index (χ4n) is 3.38. The fourth-order valence-corrected chi connectivity index (χ4v) is 3.38. The van der Waals surface area contributed by atoms with Crippen LogP contribution in [0.25, 0.3) is 0 Å². The number of hydrogen-bond donors (Lipinski definition) is 1. The lowest BCUT2D eigenvalue weighted by Gasteiger charge is -2.33. The van der Waals surface area contributed by atoms with Crippen LogP contribution < -0.4 is 5.32 Å². The third-order valence-corrected chi connectivity index (χ3v) is 4.78. The molecule has 1 aliphatic rings. The van der Waals surface area contributed by atoms with Gasteiger partial charge in [-0.15, -0.1) is 0 Å². The first-order chi connectivity index (χ1) is 12.1. The van der Waals surface area contributed by atoms with Crippen LogP contribution in [0, 0.1) is 13.8 Å². The van der Waals surface area contributed by atoms with Gasteiger partial charge in [-0.25, -0.2) is 0 Å². The molecule has 0 spiro atoms. The largest absolute Gasteiger partial charge is 0.374 e. The zero-order chi connectivity index (χ0) is 17.6. The summed E-state index contributed by atoms with van der Waals surface area (Å²) in [5, 5.41) is 3.61. The molecule has 2 unspecified atom stereocenters. The van der Waals surface area contributed by atoms with Gasteiger partial charge in [0.2, 0.25) is 0 Å². The molecular formula is C21H29N3O. The molecule has 1 saturated heterocycles. The van der Waals surface area contributed by atoms with Crippen molar-refractivity contribution in [3.05, 3.63) is 65.0 Å². The monoisotopic (exact) mass is 339 g/mol. The highest BCUT2D eigenvalue weighted by atomic mass is 16.5. The first-order valence-corrected chi connectivity index (χ1v) is 9.15. The quantitative estimate of drug-likeness (QED) is 0.877. The molecule has 2 heterocycles. The van der Waals surface area contributed by atoms with Gasteiger partial charge in [0.05, 0.1) is 12.7 Å². The minimum absolute atomic E-state index is 0.240. The van der Waals surface area contributed by atoms with Gasteiger partial charge in [0.1, 0.15) is 0 Å². The molecule has 0 radical (unpaired) electrons. The standard InChI is InChI=1S/C21H29N3O/c1-16-5-4-6-19(11-16)14-24-9-10-25-21(15-24)13-23-18(3)20-7-8-22-17(2)12-20/h4-8,11-12,18,21,23H,9-10,13-15H2,1-3H3. The van der Waals surface area contributed by atoms with Crippen LogP contribution in [0.15, 0.2) is 42.6 Å². The SMILES string of the molecule is Cc1cccc(CN2CCOC(CNC(C)c3ccnc(C)c3)C2)c1. The zero-order valence-electron chi connectivity index (χ0n) is 15.5. The van der Waals surface area contributed by atoms with Crippen molar-refractivity contribution in [1.82, 2.24) is 15.2 Å². The molecule has 1 fully saturated rings. The van der Waals surface area contributed by atoms with E-state index in [0.29, 0.717) is 6.04 Å². The maximum Gasteiger partial charge on any atom is 0.0827 e. The Bertz CT molecular complexity index is 688. The minimum atomic E-state index is 0.240. The smallest absolute Gasteiger partial charge is 0.0827 e. The summed E-state index contributed by atoms with van der Waals surface area (Å²) in [5.41, 5.74) is 5.05. The molecule has 3 rings (SSSR count). The van der Waals surface area contributed by atoms with Crippen molar-refractivity contribution in [2.24, 2.45) is 0 Å². The number of aryl methyl sites for hydroxylation is 2. The van der Waals surface area contributed by atoms with Gasteiger partial charge in [-0.1, -0.05) is 29.8 Å². The Balaban J connectivity index is 1.50. The van der Waals surface area contributed by atoms with Crippen LogP contribution in [0.1, 0.15) is 35.3 Å². The summed E-state index contributed by atoms with van der Waals surface area (Å²) in [6.45, 7) is 11.0. The molecule has 134 valence electrons. The molecule has 0 saturated carbocycles. The first kappa shape index (κ1) is 18.1. The van der Waals surface area contributed by atoms with Crippen molar-refractivity contribution in [2.75, 3.05) is 26.2 Å². The summed E-state index contributed by atoms with van der Waals surface area (Å²) in [5.74, 6) is 0. The second kappa shape index (κ2) is 8.56. The van der Waals surface area contributed by atoms with E-state index < -0.39 is 0 Å². The predicted octanol–water partition coefficient (Wildman–Crippen LogP) is 3.25. The van der Waals surface area contributed by atoms with Crippen LogP contribution >= 0.6 is 0 Å². The highest BCUT2D eigenvalue weighted by molar-refractivity contribution is 5.22. The van der Waals surface area contributed by atoms with Gasteiger partial charge in [0, 0.05) is 44.1 Å². The van der Waals surface area contributed by atoms with Crippen molar-refractivity contribution in [2.45, 2.75) is 39.5 Å². The number of morpholine rings is 1. The van der Waals surface area contributed by atoms with Gasteiger partial charge < -0.3 is 10.1 Å². The Morgan fingerprint density at radius 1 is 1.28 bits per heavy atom. The zero-order valence-corrected chi connectivity index (χ0v) is 15.5. The molecule has 0 aliphatic carbocycles. The molecule has 1 aliphatic heterocycles. The van der Waals surface area contributed by atoms with Crippen LogP contribution in [0.3, 0.4) is 0 Å². The topological polar surface area (TPSA) is 37.4 Å². The number of nitrogens with one attached hydrogen (secondary N) is 1. The van der Waals surface area contributed by atoms with Crippen LogP contribution in [0.5, 0.6) is 0 Å². The maximum absolute atomic E-state index is 5.96. The number of aromatic nitrogens is 1. The lowest BCUT2D eigenvalue weighted by Crippen LogP contribution is -2.46. The molecule has 25 heavy (non-hydrogen) atoms. The van der Waals surface area contributed by atoms with E-state index in [1.54, 1.807) is 0 Å². The van der Waals surface area contributed by atoms with Crippen LogP contribution in [0.2, 0.25) is 0 Å². The van der Waals surface area contributed by atoms with E-state index in [-0.39, 0.29) is 6.10 Å². The minimum Gasteiger partial charge on any atom is -0.374 e. The molecule has 0 amide bonds. The molecule has 2 aromatic rings. The van der Waals surface area contributed by atoms with E-state index in [2.05, 4.69) is 65.4 Å². The van der Waals surface area contributed by atoms with E-state index in [9.17, 15) is 0 Å². The number of hydrogen-bond acceptors (Lipinski definition) is 4. The molecule has 4 nitrogen and oxygen atoms in total. The first-order valence-electron chi connectivity index (χ1n) is 9.15. The number of pyridine rings is 1. The highest BCUT2D eigenvalue weighted by Gasteiger charge is 2.21. The van der Waals surface area contributed by atoms with Crippen molar-refractivity contribution < 1.29 is 4.74 Å². The van der Waals surface area contributed by atoms with Crippen molar-refractivity contribution in [3.63, 3.8) is 0 Å². The molecule has 0 bridgehead atoms. The maximum atomic E-state index is 5.96. The molecular weight excluding hydrogens is 310 g/mol. The molecule has 1 aromatic carbocycles. The third-order valence-electron chi connectivity index (χ3n) is 4.78. The molecule has 1 aromatic heterocycles. The summed E-state index contributed by atoms with van der Waals surface area (Å²) in [7, 11) is 0. The van der Waals surface area contributed by atoms with Gasteiger partial charge in [0.15, 0.2) is 0 Å². The van der Waals surface area contributed by atoms with Gasteiger partial charge in [-0.05, 0) is 44.0 Å². The average Bonchev–Trinajstić information content (AvgIpc) is 2.60. The number of rotatable bonds is 6. The van der Waals surface area contributed by atoms with E-state index >= 15 is 0 Å². The lowest BCUT2D eigenvalue weighted by atomic mass is 10.1. The van der Waals surface area contributed by atoms with Gasteiger partial charge in [-0.3, -0.25) is 9.88 Å². The van der Waals surface area contributed by atoms with Crippen LogP contribution in [0.4, 0.5) is 0 Å². The number of benzene rings is 1. The number of nitrogens with zero attached hydrogens (tertiary/aromatic N) is 2. The van der Waals surface area contributed by atoms with Crippen LogP contribution in [-0.4, -0.2) is 42.2 Å². The normalized spacial score (nSPS) is 19.7. The molecule has 1 N–H and O–H groups in total. The van der Waals surface area contributed by atoms with Crippen molar-refractivity contribution in [1.29, 1.82) is 0 Å². The predicted molar refractivity (Wildman–Crippen MR) is 102 cm³/mol. The average molecular weight is 339 g/mol. The fraction of sp³-hybridized carbons (Fsp3) is 0.476. The summed E-state index contributed by atoms with van der Waals surface area (Å²) in [6.07, 6.45) is 2.12. The van der Waals surface area contributed by atoms with E-state index in [0.717, 1.165) is 38.5 Å². The Kier molecular flexibility index (Phi) is 6.19. The van der Waals surface area contributed by atoms with Crippen LogP contribution in [-0.2, 0) is 11.3 Å². The summed E-state index contributed by atoms with van der Waals surface area (Å²) in [6, 6.07) is 13.3. The van der Waals surface area contributed by atoms with E-state index in [1.165, 1.54) is 16.7 Å². The van der Waals surface area contributed by atoms with Crippen molar-refractivity contribution in [3.8, 4) is 0 Å². The van der Waals surface area contributed by atoms with Gasteiger partial charge in [0.25, 0.3) is 0 Å². The Labute approximate surface area is 151 Å². The Morgan fingerprint density at radius 2 is 2.16 bits per heavy atom. The van der Waals surface area contributed by atoms with E-state index in [4.69, 9.17) is 4.74 Å².